The smallest absolute Gasteiger partial charge is 0.356 e. The third-order valence-electron chi connectivity index (χ3n) is 2.34. The average molecular weight is 306 g/mol. The highest BCUT2D eigenvalue weighted by Crippen LogP contribution is 2.31. The maximum atomic E-state index is 10.9. The molecule has 1 aromatic heterocycles. The van der Waals surface area contributed by atoms with E-state index in [1.54, 1.807) is 13.1 Å². The fourth-order valence-electron chi connectivity index (χ4n) is 1.48. The van der Waals surface area contributed by atoms with E-state index in [-0.39, 0.29) is 5.69 Å². The lowest BCUT2D eigenvalue weighted by Crippen LogP contribution is -2.02. The highest BCUT2D eigenvalue weighted by atomic mass is 35.5. The molecular formula is C11H7Cl3N2O2. The van der Waals surface area contributed by atoms with Crippen LogP contribution in [-0.4, -0.2) is 20.9 Å². The van der Waals surface area contributed by atoms with Crippen LogP contribution in [0.15, 0.2) is 18.3 Å². The van der Waals surface area contributed by atoms with Gasteiger partial charge in [-0.15, -0.1) is 0 Å². The minimum atomic E-state index is -1.09. The van der Waals surface area contributed by atoms with E-state index in [1.807, 2.05) is 0 Å². The van der Waals surface area contributed by atoms with Crippen molar-refractivity contribution >= 4 is 40.8 Å². The van der Waals surface area contributed by atoms with Gasteiger partial charge in [0.05, 0.1) is 20.8 Å². The van der Waals surface area contributed by atoms with Gasteiger partial charge in [0.2, 0.25) is 0 Å². The Hall–Kier alpha value is -1.23. The predicted molar refractivity (Wildman–Crippen MR) is 70.3 cm³/mol. The summed E-state index contributed by atoms with van der Waals surface area (Å²) in [5.41, 5.74) is 0.975. The first-order chi connectivity index (χ1) is 8.40. The first-order valence-corrected chi connectivity index (χ1v) is 5.98. The lowest BCUT2D eigenvalue weighted by molar-refractivity contribution is 0.0689. The Morgan fingerprint density at radius 3 is 2.39 bits per heavy atom. The molecule has 94 valence electrons. The molecular weight excluding hydrogens is 298 g/mol. The van der Waals surface area contributed by atoms with Crippen LogP contribution in [0, 0.1) is 6.92 Å². The maximum Gasteiger partial charge on any atom is 0.356 e. The average Bonchev–Trinajstić information content (AvgIpc) is 2.65. The fraction of sp³-hybridized carbons (Fsp3) is 0.0909. The van der Waals surface area contributed by atoms with Crippen molar-refractivity contribution in [3.63, 3.8) is 0 Å². The van der Waals surface area contributed by atoms with Crippen molar-refractivity contribution in [1.29, 1.82) is 0 Å². The Morgan fingerprint density at radius 2 is 1.83 bits per heavy atom. The minimum absolute atomic E-state index is 0.0304. The third-order valence-corrected chi connectivity index (χ3v) is 3.36. The van der Waals surface area contributed by atoms with Crippen molar-refractivity contribution in [2.45, 2.75) is 6.92 Å². The summed E-state index contributed by atoms with van der Waals surface area (Å²) in [7, 11) is 0. The quantitative estimate of drug-likeness (QED) is 0.858. The number of carbonyl (C=O) groups is 1. The van der Waals surface area contributed by atoms with Gasteiger partial charge in [0.25, 0.3) is 0 Å². The molecule has 0 saturated carbocycles. The van der Waals surface area contributed by atoms with Crippen LogP contribution in [0.5, 0.6) is 0 Å². The van der Waals surface area contributed by atoms with E-state index in [0.717, 1.165) is 0 Å². The number of aromatic carboxylic acids is 1. The van der Waals surface area contributed by atoms with E-state index in [4.69, 9.17) is 39.9 Å². The molecule has 0 radical (unpaired) electrons. The van der Waals surface area contributed by atoms with Gasteiger partial charge in [0, 0.05) is 11.8 Å². The van der Waals surface area contributed by atoms with Gasteiger partial charge in [-0.1, -0.05) is 34.8 Å². The second kappa shape index (κ2) is 4.80. The van der Waals surface area contributed by atoms with Crippen molar-refractivity contribution < 1.29 is 9.90 Å². The van der Waals surface area contributed by atoms with E-state index in [2.05, 4.69) is 5.10 Å². The van der Waals surface area contributed by atoms with Gasteiger partial charge in [0.1, 0.15) is 0 Å². The van der Waals surface area contributed by atoms with Crippen LogP contribution < -0.4 is 0 Å². The van der Waals surface area contributed by atoms with Crippen molar-refractivity contribution in [2.75, 3.05) is 0 Å². The van der Waals surface area contributed by atoms with Crippen LogP contribution in [0.4, 0.5) is 0 Å². The van der Waals surface area contributed by atoms with Gasteiger partial charge in [-0.25, -0.2) is 9.48 Å². The Balaban J connectivity index is 2.59. The van der Waals surface area contributed by atoms with E-state index in [9.17, 15) is 4.79 Å². The minimum Gasteiger partial charge on any atom is -0.476 e. The van der Waals surface area contributed by atoms with Crippen molar-refractivity contribution in [2.24, 2.45) is 0 Å². The molecule has 0 bridgehead atoms. The van der Waals surface area contributed by atoms with Gasteiger partial charge < -0.3 is 5.11 Å². The number of hydrogen-bond donors (Lipinski definition) is 1. The molecule has 1 N–H and O–H groups in total. The lowest BCUT2D eigenvalue weighted by atomic mass is 10.3. The number of rotatable bonds is 2. The zero-order valence-electron chi connectivity index (χ0n) is 9.12. The van der Waals surface area contributed by atoms with Crippen LogP contribution in [0.3, 0.4) is 0 Å². The van der Waals surface area contributed by atoms with Gasteiger partial charge in [-0.2, -0.15) is 5.10 Å². The molecule has 0 atom stereocenters. The second-order valence-corrected chi connectivity index (χ2v) is 4.85. The molecule has 1 heterocycles. The normalized spacial score (nSPS) is 10.7. The van der Waals surface area contributed by atoms with Crippen LogP contribution >= 0.6 is 34.8 Å². The summed E-state index contributed by atoms with van der Waals surface area (Å²) in [5.74, 6) is -1.09. The Labute approximate surface area is 118 Å². The summed E-state index contributed by atoms with van der Waals surface area (Å²) in [5, 5.41) is 13.9. The highest BCUT2D eigenvalue weighted by Gasteiger charge is 2.15. The topological polar surface area (TPSA) is 55.1 Å². The van der Waals surface area contributed by atoms with Crippen molar-refractivity contribution in [1.82, 2.24) is 9.78 Å². The molecule has 0 saturated heterocycles. The molecule has 0 fully saturated rings. The SMILES string of the molecule is Cc1cn(-c2cc(Cl)c(Cl)cc2Cl)nc1C(=O)O. The standard InChI is InChI=1S/C11H7Cl3N2O2/c1-5-4-16(15-10(5)11(17)18)9-3-7(13)6(12)2-8(9)14/h2-4H,1H3,(H,17,18). The summed E-state index contributed by atoms with van der Waals surface area (Å²) in [6.07, 6.45) is 1.56. The lowest BCUT2D eigenvalue weighted by Gasteiger charge is -2.06. The Bertz CT molecular complexity index is 637. The monoisotopic (exact) mass is 304 g/mol. The summed E-state index contributed by atoms with van der Waals surface area (Å²) >= 11 is 17.7. The Morgan fingerprint density at radius 1 is 1.22 bits per heavy atom. The van der Waals surface area contributed by atoms with Crippen LogP contribution in [0.1, 0.15) is 16.1 Å². The first kappa shape index (κ1) is 13.2. The summed E-state index contributed by atoms with van der Waals surface area (Å²) < 4.78 is 1.36. The summed E-state index contributed by atoms with van der Waals surface area (Å²) in [6, 6.07) is 3.02. The molecule has 0 spiro atoms. The van der Waals surface area contributed by atoms with E-state index >= 15 is 0 Å². The number of halogens is 3. The number of aryl methyl sites for hydroxylation is 1. The number of hydrogen-bond acceptors (Lipinski definition) is 2. The molecule has 2 aromatic rings. The largest absolute Gasteiger partial charge is 0.476 e. The summed E-state index contributed by atoms with van der Waals surface area (Å²) in [4.78, 5) is 10.9. The van der Waals surface area contributed by atoms with E-state index in [1.165, 1.54) is 16.8 Å². The number of carboxylic acids is 1. The molecule has 7 heteroatoms. The van der Waals surface area contributed by atoms with Crippen molar-refractivity contribution in [3.05, 3.63) is 44.7 Å². The number of aromatic nitrogens is 2. The zero-order chi connectivity index (χ0) is 13.4. The van der Waals surface area contributed by atoms with Gasteiger partial charge in [-0.05, 0) is 19.1 Å². The molecule has 0 amide bonds. The third kappa shape index (κ3) is 2.32. The zero-order valence-corrected chi connectivity index (χ0v) is 11.4. The fourth-order valence-corrected chi connectivity index (χ4v) is 2.11. The molecule has 0 aliphatic carbocycles. The molecule has 2 rings (SSSR count). The van der Waals surface area contributed by atoms with E-state index < -0.39 is 5.97 Å². The number of benzene rings is 1. The molecule has 0 aliphatic heterocycles. The van der Waals surface area contributed by atoms with Gasteiger partial charge in [0.15, 0.2) is 5.69 Å². The molecule has 0 aliphatic rings. The highest BCUT2D eigenvalue weighted by molar-refractivity contribution is 6.43. The molecule has 4 nitrogen and oxygen atoms in total. The van der Waals surface area contributed by atoms with E-state index in [0.29, 0.717) is 26.3 Å². The molecule has 18 heavy (non-hydrogen) atoms. The number of nitrogens with zero attached hydrogens (tertiary/aromatic N) is 2. The molecule has 0 unspecified atom stereocenters. The first-order valence-electron chi connectivity index (χ1n) is 4.84. The van der Waals surface area contributed by atoms with Gasteiger partial charge in [-0.3, -0.25) is 0 Å². The van der Waals surface area contributed by atoms with Crippen LogP contribution in [-0.2, 0) is 0 Å². The van der Waals surface area contributed by atoms with Crippen LogP contribution in [0.25, 0.3) is 5.69 Å². The maximum absolute atomic E-state index is 10.9. The second-order valence-electron chi connectivity index (χ2n) is 3.63. The molecule has 1 aromatic carbocycles. The van der Waals surface area contributed by atoms with Crippen LogP contribution in [0.2, 0.25) is 15.1 Å². The predicted octanol–water partition coefficient (Wildman–Crippen LogP) is 3.84. The number of carboxylic acid groups (broad SMARTS) is 1. The van der Waals surface area contributed by atoms with Crippen molar-refractivity contribution in [3.8, 4) is 5.69 Å². The Kier molecular flexibility index (Phi) is 3.52. The van der Waals surface area contributed by atoms with Gasteiger partial charge >= 0.3 is 5.97 Å². The summed E-state index contributed by atoms with van der Waals surface area (Å²) in [6.45, 7) is 1.65.